The van der Waals surface area contributed by atoms with Crippen LogP contribution < -0.4 is 5.32 Å². The second-order valence-corrected chi connectivity index (χ2v) is 5.30. The molecule has 1 aromatic heterocycles. The van der Waals surface area contributed by atoms with Gasteiger partial charge in [-0.1, -0.05) is 19.9 Å². The lowest BCUT2D eigenvalue weighted by Crippen LogP contribution is -2.38. The first kappa shape index (κ1) is 14.6. The molecule has 1 rings (SSSR count). The number of rotatable bonds is 9. The highest BCUT2D eigenvalue weighted by Gasteiger charge is 2.10. The summed E-state index contributed by atoms with van der Waals surface area (Å²) < 4.78 is 0. The number of aliphatic hydroxyl groups excluding tert-OH is 1. The first-order valence-corrected chi connectivity index (χ1v) is 7.27. The number of hydrogen-bond donors (Lipinski definition) is 2. The summed E-state index contributed by atoms with van der Waals surface area (Å²) in [5, 5.41) is 15.3. The molecule has 4 heteroatoms. The molecule has 0 bridgehead atoms. The van der Waals surface area contributed by atoms with Crippen LogP contribution in [0.15, 0.2) is 17.5 Å². The van der Waals surface area contributed by atoms with Gasteiger partial charge in [0.1, 0.15) is 0 Å². The Morgan fingerprint density at radius 1 is 1.47 bits per heavy atom. The van der Waals surface area contributed by atoms with Crippen molar-refractivity contribution in [3.8, 4) is 0 Å². The third kappa shape index (κ3) is 6.17. The third-order valence-electron chi connectivity index (χ3n) is 2.68. The van der Waals surface area contributed by atoms with Gasteiger partial charge in [-0.2, -0.15) is 0 Å². The second kappa shape index (κ2) is 8.64. The lowest BCUT2D eigenvalue weighted by molar-refractivity contribution is 0.111. The van der Waals surface area contributed by atoms with Crippen molar-refractivity contribution < 1.29 is 5.11 Å². The number of nitrogens with one attached hydrogen (secondary N) is 1. The molecule has 2 N–H and O–H groups in total. The Hall–Kier alpha value is -0.420. The van der Waals surface area contributed by atoms with Gasteiger partial charge in [-0.25, -0.2) is 0 Å². The molecule has 17 heavy (non-hydrogen) atoms. The molecule has 1 aromatic rings. The lowest BCUT2D eigenvalue weighted by atomic mass is 10.3. The molecule has 0 amide bonds. The van der Waals surface area contributed by atoms with Gasteiger partial charge in [0.15, 0.2) is 0 Å². The second-order valence-electron chi connectivity index (χ2n) is 4.27. The zero-order valence-electron chi connectivity index (χ0n) is 10.9. The van der Waals surface area contributed by atoms with Crippen molar-refractivity contribution in [3.05, 3.63) is 22.4 Å². The van der Waals surface area contributed by atoms with Gasteiger partial charge in [-0.15, -0.1) is 11.3 Å². The SMILES string of the molecule is CCCNCC(O)CN(CC)Cc1cccs1. The van der Waals surface area contributed by atoms with E-state index in [4.69, 9.17) is 0 Å². The van der Waals surface area contributed by atoms with E-state index in [1.54, 1.807) is 11.3 Å². The van der Waals surface area contributed by atoms with Crippen LogP contribution in [0.3, 0.4) is 0 Å². The average molecular weight is 256 g/mol. The van der Waals surface area contributed by atoms with Gasteiger partial charge >= 0.3 is 0 Å². The minimum absolute atomic E-state index is 0.276. The Labute approximate surface area is 108 Å². The molecular formula is C13H24N2OS. The van der Waals surface area contributed by atoms with Gasteiger partial charge in [0, 0.05) is 24.5 Å². The third-order valence-corrected chi connectivity index (χ3v) is 3.54. The van der Waals surface area contributed by atoms with Gasteiger partial charge in [-0.3, -0.25) is 4.90 Å². The zero-order valence-corrected chi connectivity index (χ0v) is 11.7. The molecule has 3 nitrogen and oxygen atoms in total. The number of thiophene rings is 1. The minimum Gasteiger partial charge on any atom is -0.390 e. The summed E-state index contributed by atoms with van der Waals surface area (Å²) in [6.07, 6.45) is 0.834. The summed E-state index contributed by atoms with van der Waals surface area (Å²) in [7, 11) is 0. The molecule has 0 aliphatic carbocycles. The fourth-order valence-electron chi connectivity index (χ4n) is 1.74. The van der Waals surface area contributed by atoms with Crippen LogP contribution in [-0.2, 0) is 6.54 Å². The van der Waals surface area contributed by atoms with E-state index in [2.05, 4.69) is 41.6 Å². The highest BCUT2D eigenvalue weighted by molar-refractivity contribution is 7.09. The molecule has 0 radical (unpaired) electrons. The van der Waals surface area contributed by atoms with E-state index in [0.29, 0.717) is 6.54 Å². The van der Waals surface area contributed by atoms with Crippen LogP contribution in [0.5, 0.6) is 0 Å². The monoisotopic (exact) mass is 256 g/mol. The molecule has 0 aliphatic rings. The van der Waals surface area contributed by atoms with E-state index in [9.17, 15) is 5.11 Å². The van der Waals surface area contributed by atoms with Gasteiger partial charge in [0.05, 0.1) is 6.10 Å². The molecule has 0 spiro atoms. The predicted molar refractivity (Wildman–Crippen MR) is 74.4 cm³/mol. The van der Waals surface area contributed by atoms with E-state index in [1.807, 2.05) is 0 Å². The van der Waals surface area contributed by atoms with Crippen molar-refractivity contribution in [2.75, 3.05) is 26.2 Å². The Morgan fingerprint density at radius 3 is 2.88 bits per heavy atom. The van der Waals surface area contributed by atoms with Crippen LogP contribution in [0.1, 0.15) is 25.1 Å². The van der Waals surface area contributed by atoms with Crippen molar-refractivity contribution in [1.82, 2.24) is 10.2 Å². The molecule has 0 saturated carbocycles. The van der Waals surface area contributed by atoms with Crippen LogP contribution in [0, 0.1) is 0 Å². The molecular weight excluding hydrogens is 232 g/mol. The van der Waals surface area contributed by atoms with E-state index in [-0.39, 0.29) is 6.10 Å². The summed E-state index contributed by atoms with van der Waals surface area (Å²) in [6, 6.07) is 4.22. The van der Waals surface area contributed by atoms with Crippen LogP contribution in [-0.4, -0.2) is 42.3 Å². The van der Waals surface area contributed by atoms with Crippen LogP contribution in [0.4, 0.5) is 0 Å². The van der Waals surface area contributed by atoms with Crippen LogP contribution >= 0.6 is 11.3 Å². The highest BCUT2D eigenvalue weighted by atomic mass is 32.1. The Balaban J connectivity index is 2.26. The quantitative estimate of drug-likeness (QED) is 0.663. The zero-order chi connectivity index (χ0) is 12.5. The van der Waals surface area contributed by atoms with Gasteiger partial charge in [-0.05, 0) is 31.0 Å². The number of hydrogen-bond acceptors (Lipinski definition) is 4. The Kier molecular flexibility index (Phi) is 7.44. The molecule has 1 heterocycles. The molecule has 98 valence electrons. The fraction of sp³-hybridized carbons (Fsp3) is 0.692. The maximum atomic E-state index is 9.91. The first-order chi connectivity index (χ1) is 8.26. The van der Waals surface area contributed by atoms with Crippen molar-refractivity contribution in [2.45, 2.75) is 32.9 Å². The van der Waals surface area contributed by atoms with E-state index >= 15 is 0 Å². The fourth-order valence-corrected chi connectivity index (χ4v) is 2.48. The first-order valence-electron chi connectivity index (χ1n) is 6.39. The highest BCUT2D eigenvalue weighted by Crippen LogP contribution is 2.11. The lowest BCUT2D eigenvalue weighted by Gasteiger charge is -2.23. The maximum absolute atomic E-state index is 9.91. The Morgan fingerprint density at radius 2 is 2.29 bits per heavy atom. The van der Waals surface area contributed by atoms with Crippen molar-refractivity contribution in [3.63, 3.8) is 0 Å². The molecule has 0 fully saturated rings. The average Bonchev–Trinajstić information content (AvgIpc) is 2.81. The predicted octanol–water partition coefficient (Wildman–Crippen LogP) is 1.93. The van der Waals surface area contributed by atoms with Crippen molar-refractivity contribution in [1.29, 1.82) is 0 Å². The number of nitrogens with zero attached hydrogens (tertiary/aromatic N) is 1. The minimum atomic E-state index is -0.276. The molecule has 0 aromatic carbocycles. The van der Waals surface area contributed by atoms with E-state index in [0.717, 1.165) is 32.6 Å². The Bertz CT molecular complexity index is 277. The summed E-state index contributed by atoms with van der Waals surface area (Å²) in [5.74, 6) is 0. The van der Waals surface area contributed by atoms with Crippen LogP contribution in [0.25, 0.3) is 0 Å². The number of aliphatic hydroxyl groups is 1. The maximum Gasteiger partial charge on any atom is 0.0791 e. The van der Waals surface area contributed by atoms with Gasteiger partial charge < -0.3 is 10.4 Å². The smallest absolute Gasteiger partial charge is 0.0791 e. The topological polar surface area (TPSA) is 35.5 Å². The van der Waals surface area contributed by atoms with Gasteiger partial charge in [0.25, 0.3) is 0 Å². The van der Waals surface area contributed by atoms with E-state index in [1.165, 1.54) is 4.88 Å². The van der Waals surface area contributed by atoms with Crippen molar-refractivity contribution in [2.24, 2.45) is 0 Å². The van der Waals surface area contributed by atoms with Crippen LogP contribution in [0.2, 0.25) is 0 Å². The summed E-state index contributed by atoms with van der Waals surface area (Å²) >= 11 is 1.78. The van der Waals surface area contributed by atoms with Crippen molar-refractivity contribution >= 4 is 11.3 Å². The molecule has 0 aliphatic heterocycles. The molecule has 1 unspecified atom stereocenters. The van der Waals surface area contributed by atoms with Gasteiger partial charge in [0.2, 0.25) is 0 Å². The standard InChI is InChI=1S/C13H24N2OS/c1-3-7-14-9-12(16)10-15(4-2)11-13-6-5-8-17-13/h5-6,8,12,14,16H,3-4,7,9-11H2,1-2H3. The largest absolute Gasteiger partial charge is 0.390 e. The normalized spacial score (nSPS) is 13.2. The summed E-state index contributed by atoms with van der Waals surface area (Å²) in [4.78, 5) is 3.64. The summed E-state index contributed by atoms with van der Waals surface area (Å²) in [5.41, 5.74) is 0. The molecule has 1 atom stereocenters. The van der Waals surface area contributed by atoms with E-state index < -0.39 is 0 Å². The number of likely N-dealkylation sites (N-methyl/N-ethyl adjacent to an activating group) is 1. The summed E-state index contributed by atoms with van der Waals surface area (Å²) in [6.45, 7) is 8.60. The molecule has 0 saturated heterocycles.